The molecule has 0 atom stereocenters. The Morgan fingerprint density at radius 1 is 1.57 bits per heavy atom. The zero-order valence-electron chi connectivity index (χ0n) is 7.36. The second kappa shape index (κ2) is 4.06. The van der Waals surface area contributed by atoms with Crippen molar-refractivity contribution in [3.05, 3.63) is 45.3 Å². The Balaban J connectivity index is 2.06. The first-order valence-electron chi connectivity index (χ1n) is 4.15. The van der Waals surface area contributed by atoms with Gasteiger partial charge in [-0.2, -0.15) is 0 Å². The van der Waals surface area contributed by atoms with Crippen LogP contribution in [0.5, 0.6) is 0 Å². The zero-order chi connectivity index (χ0) is 9.80. The van der Waals surface area contributed by atoms with Crippen LogP contribution in [0.4, 0.5) is 5.69 Å². The third kappa shape index (κ3) is 2.00. The first kappa shape index (κ1) is 8.96. The largest absolute Gasteiger partial charge is 0.376 e. The predicted molar refractivity (Wildman–Crippen MR) is 56.5 cm³/mol. The first-order chi connectivity index (χ1) is 6.86. The van der Waals surface area contributed by atoms with E-state index in [0.717, 1.165) is 4.88 Å². The lowest BCUT2D eigenvalue weighted by Gasteiger charge is -2.01. The number of H-pyrrole nitrogens is 1. The topological polar surface area (TPSA) is 57.8 Å². The summed E-state index contributed by atoms with van der Waals surface area (Å²) in [6, 6.07) is 3.54. The van der Waals surface area contributed by atoms with Crippen molar-refractivity contribution < 1.29 is 0 Å². The van der Waals surface area contributed by atoms with Crippen LogP contribution in [0.3, 0.4) is 0 Å². The van der Waals surface area contributed by atoms with Crippen LogP contribution in [0.2, 0.25) is 0 Å². The molecule has 4 nitrogen and oxygen atoms in total. The van der Waals surface area contributed by atoms with E-state index in [0.29, 0.717) is 12.2 Å². The fraction of sp³-hybridized carbons (Fsp3) is 0.111. The van der Waals surface area contributed by atoms with E-state index in [1.54, 1.807) is 41.4 Å². The van der Waals surface area contributed by atoms with Gasteiger partial charge in [0.1, 0.15) is 5.69 Å². The number of rotatable bonds is 3. The fourth-order valence-electron chi connectivity index (χ4n) is 1.07. The van der Waals surface area contributed by atoms with Crippen LogP contribution in [-0.4, -0.2) is 9.97 Å². The minimum absolute atomic E-state index is 0.1000. The molecule has 0 amide bonds. The summed E-state index contributed by atoms with van der Waals surface area (Å²) in [4.78, 5) is 18.9. The molecule has 0 aliphatic rings. The van der Waals surface area contributed by atoms with Gasteiger partial charge in [0.15, 0.2) is 0 Å². The Kier molecular flexibility index (Phi) is 2.60. The maximum Gasteiger partial charge on any atom is 0.271 e. The van der Waals surface area contributed by atoms with Crippen LogP contribution in [0, 0.1) is 0 Å². The molecular weight excluding hydrogens is 198 g/mol. The highest BCUT2D eigenvalue weighted by molar-refractivity contribution is 7.09. The molecular formula is C9H9N3OS. The van der Waals surface area contributed by atoms with Gasteiger partial charge in [-0.15, -0.1) is 11.3 Å². The van der Waals surface area contributed by atoms with Crippen molar-refractivity contribution in [2.75, 3.05) is 5.32 Å². The summed E-state index contributed by atoms with van der Waals surface area (Å²) >= 11 is 1.56. The molecule has 0 aliphatic carbocycles. The average Bonchev–Trinajstić information content (AvgIpc) is 2.69. The molecule has 2 aromatic heterocycles. The van der Waals surface area contributed by atoms with Crippen molar-refractivity contribution in [2.45, 2.75) is 6.54 Å². The van der Waals surface area contributed by atoms with Gasteiger partial charge in [-0.25, -0.2) is 0 Å². The maximum atomic E-state index is 11.2. The molecule has 5 heteroatoms. The highest BCUT2D eigenvalue weighted by Crippen LogP contribution is 2.07. The molecule has 0 aromatic carbocycles. The second-order valence-corrected chi connectivity index (χ2v) is 3.71. The van der Waals surface area contributed by atoms with Crippen LogP contribution >= 0.6 is 11.3 Å². The van der Waals surface area contributed by atoms with Crippen molar-refractivity contribution in [3.8, 4) is 0 Å². The molecule has 0 fully saturated rings. The van der Waals surface area contributed by atoms with Gasteiger partial charge in [0.2, 0.25) is 0 Å². The van der Waals surface area contributed by atoms with E-state index >= 15 is 0 Å². The Morgan fingerprint density at radius 2 is 2.50 bits per heavy atom. The molecule has 2 heterocycles. The van der Waals surface area contributed by atoms with Crippen molar-refractivity contribution in [1.82, 2.24) is 9.97 Å². The molecule has 2 aromatic rings. The average molecular weight is 207 g/mol. The molecule has 0 aliphatic heterocycles. The van der Waals surface area contributed by atoms with Gasteiger partial charge in [-0.3, -0.25) is 9.78 Å². The minimum Gasteiger partial charge on any atom is -0.376 e. The fourth-order valence-corrected chi connectivity index (χ4v) is 1.61. The molecule has 0 unspecified atom stereocenters. The summed E-state index contributed by atoms with van der Waals surface area (Å²) in [6.45, 7) is 0.637. The Labute approximate surface area is 84.6 Å². The van der Waals surface area contributed by atoms with Gasteiger partial charge in [0.05, 0.1) is 12.1 Å². The third-order valence-corrected chi connectivity index (χ3v) is 2.53. The second-order valence-electron chi connectivity index (χ2n) is 2.73. The van der Waals surface area contributed by atoms with E-state index in [9.17, 15) is 4.79 Å². The van der Waals surface area contributed by atoms with Gasteiger partial charge >= 0.3 is 0 Å². The maximum absolute atomic E-state index is 11.2. The van der Waals surface area contributed by atoms with Gasteiger partial charge in [0, 0.05) is 17.3 Å². The summed E-state index contributed by atoms with van der Waals surface area (Å²) in [6.07, 6.45) is 3.40. The third-order valence-electron chi connectivity index (χ3n) is 1.75. The molecule has 0 spiro atoms. The number of hydrogen-bond acceptors (Lipinski definition) is 4. The van der Waals surface area contributed by atoms with Crippen molar-refractivity contribution in [2.24, 2.45) is 0 Å². The minimum atomic E-state index is -0.1000. The number of nitrogens with one attached hydrogen (secondary N) is 2. The van der Waals surface area contributed by atoms with Crippen molar-refractivity contribution in [3.63, 3.8) is 0 Å². The summed E-state index contributed by atoms with van der Waals surface area (Å²) in [5, 5.41) is 3.04. The number of aromatic amines is 1. The zero-order valence-corrected chi connectivity index (χ0v) is 8.17. The van der Waals surface area contributed by atoms with Crippen LogP contribution in [0.15, 0.2) is 34.8 Å². The number of hydrogen-bond donors (Lipinski definition) is 2. The van der Waals surface area contributed by atoms with Gasteiger partial charge in [0.25, 0.3) is 5.56 Å². The molecule has 72 valence electrons. The van der Waals surface area contributed by atoms with Gasteiger partial charge < -0.3 is 10.3 Å². The van der Waals surface area contributed by atoms with E-state index in [2.05, 4.69) is 15.3 Å². The van der Waals surface area contributed by atoms with Crippen LogP contribution in [-0.2, 0) is 6.54 Å². The number of aromatic nitrogens is 2. The lowest BCUT2D eigenvalue weighted by atomic mass is 10.4. The highest BCUT2D eigenvalue weighted by Gasteiger charge is 1.97. The highest BCUT2D eigenvalue weighted by atomic mass is 32.1. The Hall–Kier alpha value is -1.62. The number of nitrogens with zero attached hydrogens (tertiary/aromatic N) is 1. The van der Waals surface area contributed by atoms with E-state index in [1.807, 2.05) is 0 Å². The first-order valence-corrected chi connectivity index (χ1v) is 5.03. The number of anilines is 1. The Bertz CT molecular complexity index is 449. The predicted octanol–water partition coefficient (Wildman–Crippen LogP) is 1.44. The standard InChI is InChI=1S/C9H9N3OS/c13-9-8(2-1-3-11-9)12-5-7-4-10-6-14-7/h1-4,6,12H,5H2,(H,11,13). The molecule has 2 N–H and O–H groups in total. The molecule has 14 heavy (non-hydrogen) atoms. The normalized spacial score (nSPS) is 10.0. The van der Waals surface area contributed by atoms with Crippen molar-refractivity contribution in [1.29, 1.82) is 0 Å². The summed E-state index contributed by atoms with van der Waals surface area (Å²) in [5.74, 6) is 0. The van der Waals surface area contributed by atoms with E-state index in [4.69, 9.17) is 0 Å². The van der Waals surface area contributed by atoms with Crippen LogP contribution in [0.25, 0.3) is 0 Å². The van der Waals surface area contributed by atoms with E-state index in [1.165, 1.54) is 0 Å². The molecule has 0 saturated carbocycles. The summed E-state index contributed by atoms with van der Waals surface area (Å²) in [7, 11) is 0. The molecule has 2 rings (SSSR count). The van der Waals surface area contributed by atoms with E-state index in [-0.39, 0.29) is 5.56 Å². The monoisotopic (exact) mass is 207 g/mol. The SMILES string of the molecule is O=c1[nH]cccc1NCc1cncs1. The lowest BCUT2D eigenvalue weighted by Crippen LogP contribution is -2.12. The summed E-state index contributed by atoms with van der Waals surface area (Å²) < 4.78 is 0. The smallest absolute Gasteiger partial charge is 0.271 e. The summed E-state index contributed by atoms with van der Waals surface area (Å²) in [5.41, 5.74) is 2.25. The molecule has 0 saturated heterocycles. The van der Waals surface area contributed by atoms with Crippen molar-refractivity contribution >= 4 is 17.0 Å². The van der Waals surface area contributed by atoms with Crippen LogP contribution < -0.4 is 10.9 Å². The number of thiazole rings is 1. The molecule has 0 radical (unpaired) electrons. The number of pyridine rings is 1. The van der Waals surface area contributed by atoms with Gasteiger partial charge in [-0.1, -0.05) is 0 Å². The van der Waals surface area contributed by atoms with Crippen LogP contribution in [0.1, 0.15) is 4.88 Å². The van der Waals surface area contributed by atoms with Gasteiger partial charge in [-0.05, 0) is 12.1 Å². The van der Waals surface area contributed by atoms with E-state index < -0.39 is 0 Å². The molecule has 0 bridgehead atoms. The lowest BCUT2D eigenvalue weighted by molar-refractivity contribution is 1.13. The quantitative estimate of drug-likeness (QED) is 0.800. The Morgan fingerprint density at radius 3 is 3.21 bits per heavy atom.